The topological polar surface area (TPSA) is 90.1 Å². The van der Waals surface area contributed by atoms with E-state index in [4.69, 9.17) is 10.5 Å². The van der Waals surface area contributed by atoms with Crippen LogP contribution in [-0.2, 0) is 11.3 Å². The molecule has 23 heavy (non-hydrogen) atoms. The fraction of sp³-hybridized carbons (Fsp3) is 0.118. The minimum Gasteiger partial charge on any atom is -0.484 e. The number of nitrogen functional groups attached to an aromatic ring is 1. The second kappa shape index (κ2) is 6.74. The Labute approximate surface area is 133 Å². The van der Waals surface area contributed by atoms with E-state index in [9.17, 15) is 4.79 Å². The largest absolute Gasteiger partial charge is 0.484 e. The number of hydrogen-bond acceptors (Lipinski definition) is 5. The highest BCUT2D eigenvalue weighted by Crippen LogP contribution is 2.20. The molecular weight excluding hydrogens is 292 g/mol. The summed E-state index contributed by atoms with van der Waals surface area (Å²) in [5.41, 5.74) is 5.56. The predicted molar refractivity (Wildman–Crippen MR) is 87.7 cm³/mol. The summed E-state index contributed by atoms with van der Waals surface area (Å²) in [5.74, 6) is 1.24. The molecular formula is C17H16N4O2. The molecule has 3 rings (SSSR count). The first-order valence-corrected chi connectivity index (χ1v) is 7.16. The lowest BCUT2D eigenvalue weighted by Gasteiger charge is -2.08. The molecule has 0 fully saturated rings. The van der Waals surface area contributed by atoms with Crippen molar-refractivity contribution in [1.29, 1.82) is 0 Å². The summed E-state index contributed by atoms with van der Waals surface area (Å²) in [6.07, 6.45) is 1.55. The van der Waals surface area contributed by atoms with Crippen molar-refractivity contribution in [1.82, 2.24) is 15.3 Å². The van der Waals surface area contributed by atoms with Gasteiger partial charge in [-0.25, -0.2) is 9.97 Å². The smallest absolute Gasteiger partial charge is 0.258 e. The summed E-state index contributed by atoms with van der Waals surface area (Å²) in [4.78, 5) is 19.8. The van der Waals surface area contributed by atoms with Crippen LogP contribution in [0.5, 0.6) is 5.75 Å². The second-order valence-corrected chi connectivity index (χ2v) is 4.97. The van der Waals surface area contributed by atoms with E-state index in [1.54, 1.807) is 12.3 Å². The van der Waals surface area contributed by atoms with Crippen LogP contribution < -0.4 is 15.8 Å². The number of aromatic nitrogens is 2. The molecule has 0 unspecified atom stereocenters. The van der Waals surface area contributed by atoms with Crippen molar-refractivity contribution in [2.45, 2.75) is 6.54 Å². The number of nitrogens with two attached hydrogens (primary N) is 1. The minimum atomic E-state index is -0.246. The van der Waals surface area contributed by atoms with Gasteiger partial charge >= 0.3 is 0 Å². The number of rotatable bonds is 5. The van der Waals surface area contributed by atoms with Crippen molar-refractivity contribution in [2.75, 3.05) is 12.3 Å². The number of ether oxygens (including phenoxy) is 1. The number of benzene rings is 2. The maximum absolute atomic E-state index is 11.8. The molecule has 3 aromatic rings. The van der Waals surface area contributed by atoms with Crippen molar-refractivity contribution < 1.29 is 9.53 Å². The third-order valence-corrected chi connectivity index (χ3v) is 3.26. The van der Waals surface area contributed by atoms with Gasteiger partial charge in [-0.2, -0.15) is 0 Å². The van der Waals surface area contributed by atoms with Gasteiger partial charge in [0, 0.05) is 6.20 Å². The standard InChI is InChI=1S/C17H16N4O2/c18-15-7-8-19-16(21-15)10-20-17(22)11-23-14-6-5-12-3-1-2-4-13(12)9-14/h1-9H,10-11H2,(H,20,22)(H2,18,19,21). The van der Waals surface area contributed by atoms with Crippen molar-refractivity contribution >= 4 is 22.5 Å². The highest BCUT2D eigenvalue weighted by atomic mass is 16.5. The molecule has 0 radical (unpaired) electrons. The van der Waals surface area contributed by atoms with E-state index in [0.29, 0.717) is 17.4 Å². The minimum absolute atomic E-state index is 0.0688. The highest BCUT2D eigenvalue weighted by molar-refractivity contribution is 5.84. The molecule has 6 heteroatoms. The summed E-state index contributed by atoms with van der Waals surface area (Å²) in [5, 5.41) is 4.89. The van der Waals surface area contributed by atoms with Crippen molar-refractivity contribution in [3.63, 3.8) is 0 Å². The summed E-state index contributed by atoms with van der Waals surface area (Å²) < 4.78 is 5.51. The fourth-order valence-corrected chi connectivity index (χ4v) is 2.13. The zero-order chi connectivity index (χ0) is 16.1. The van der Waals surface area contributed by atoms with Crippen LogP contribution in [0.2, 0.25) is 0 Å². The average molecular weight is 308 g/mol. The Morgan fingerprint density at radius 1 is 1.13 bits per heavy atom. The number of hydrogen-bond donors (Lipinski definition) is 2. The first-order valence-electron chi connectivity index (χ1n) is 7.16. The monoisotopic (exact) mass is 308 g/mol. The van der Waals surface area contributed by atoms with Crippen LogP contribution in [0.1, 0.15) is 5.82 Å². The molecule has 0 saturated heterocycles. The van der Waals surface area contributed by atoms with E-state index in [2.05, 4.69) is 15.3 Å². The van der Waals surface area contributed by atoms with E-state index in [0.717, 1.165) is 10.8 Å². The van der Waals surface area contributed by atoms with E-state index in [1.165, 1.54) is 0 Å². The van der Waals surface area contributed by atoms with Gasteiger partial charge in [-0.05, 0) is 29.0 Å². The molecule has 0 bridgehead atoms. The molecule has 0 atom stereocenters. The predicted octanol–water partition coefficient (Wildman–Crippen LogP) is 1.91. The van der Waals surface area contributed by atoms with Crippen LogP contribution in [0, 0.1) is 0 Å². The number of nitrogens with zero attached hydrogens (tertiary/aromatic N) is 2. The zero-order valence-corrected chi connectivity index (χ0v) is 12.4. The van der Waals surface area contributed by atoms with Crippen LogP contribution in [-0.4, -0.2) is 22.5 Å². The molecule has 2 aromatic carbocycles. The van der Waals surface area contributed by atoms with Crippen molar-refractivity contribution in [2.24, 2.45) is 0 Å². The van der Waals surface area contributed by atoms with Crippen LogP contribution in [0.15, 0.2) is 54.7 Å². The van der Waals surface area contributed by atoms with Crippen LogP contribution in [0.25, 0.3) is 10.8 Å². The molecule has 0 aliphatic heterocycles. The van der Waals surface area contributed by atoms with E-state index >= 15 is 0 Å². The zero-order valence-electron chi connectivity index (χ0n) is 12.4. The summed E-state index contributed by atoms with van der Waals surface area (Å²) in [6.45, 7) is 0.144. The van der Waals surface area contributed by atoms with E-state index in [1.807, 2.05) is 42.5 Å². The SMILES string of the molecule is Nc1ccnc(CNC(=O)COc2ccc3ccccc3c2)n1. The van der Waals surface area contributed by atoms with Crippen molar-refractivity contribution in [3.05, 3.63) is 60.6 Å². The number of anilines is 1. The van der Waals surface area contributed by atoms with Crippen LogP contribution >= 0.6 is 0 Å². The average Bonchev–Trinajstić information content (AvgIpc) is 2.58. The van der Waals surface area contributed by atoms with Gasteiger partial charge in [-0.3, -0.25) is 4.79 Å². The number of carbonyl (C=O) groups excluding carboxylic acids is 1. The second-order valence-electron chi connectivity index (χ2n) is 4.97. The van der Waals surface area contributed by atoms with Gasteiger partial charge in [-0.1, -0.05) is 30.3 Å². The Morgan fingerprint density at radius 3 is 2.78 bits per heavy atom. The Kier molecular flexibility index (Phi) is 4.33. The van der Waals surface area contributed by atoms with Gasteiger partial charge < -0.3 is 15.8 Å². The Bertz CT molecular complexity index is 835. The molecule has 1 amide bonds. The summed E-state index contributed by atoms with van der Waals surface area (Å²) >= 11 is 0. The molecule has 3 N–H and O–H groups in total. The first-order chi connectivity index (χ1) is 11.2. The fourth-order valence-electron chi connectivity index (χ4n) is 2.13. The summed E-state index contributed by atoms with van der Waals surface area (Å²) in [7, 11) is 0. The van der Waals surface area contributed by atoms with Crippen LogP contribution in [0.4, 0.5) is 5.82 Å². The quantitative estimate of drug-likeness (QED) is 0.751. The van der Waals surface area contributed by atoms with E-state index in [-0.39, 0.29) is 19.1 Å². The third-order valence-electron chi connectivity index (χ3n) is 3.26. The molecule has 0 spiro atoms. The van der Waals surface area contributed by atoms with Gasteiger partial charge in [0.15, 0.2) is 6.61 Å². The van der Waals surface area contributed by atoms with Gasteiger partial charge in [0.05, 0.1) is 6.54 Å². The molecule has 1 aromatic heterocycles. The Hall–Kier alpha value is -3.15. The normalized spacial score (nSPS) is 10.4. The Balaban J connectivity index is 1.53. The Morgan fingerprint density at radius 2 is 1.96 bits per heavy atom. The first kappa shape index (κ1) is 14.8. The number of nitrogens with one attached hydrogen (secondary N) is 1. The maximum Gasteiger partial charge on any atom is 0.258 e. The molecule has 1 heterocycles. The number of amides is 1. The molecule has 6 nitrogen and oxygen atoms in total. The van der Waals surface area contributed by atoms with Gasteiger partial charge in [0.1, 0.15) is 17.4 Å². The number of fused-ring (bicyclic) bond motifs is 1. The summed E-state index contributed by atoms with van der Waals surface area (Å²) in [6, 6.07) is 15.3. The molecule has 116 valence electrons. The molecule has 0 aliphatic carbocycles. The lowest BCUT2D eigenvalue weighted by atomic mass is 10.1. The molecule has 0 aliphatic rings. The van der Waals surface area contributed by atoms with Gasteiger partial charge in [0.25, 0.3) is 5.91 Å². The highest BCUT2D eigenvalue weighted by Gasteiger charge is 2.05. The van der Waals surface area contributed by atoms with Gasteiger partial charge in [-0.15, -0.1) is 0 Å². The third kappa shape index (κ3) is 3.94. The maximum atomic E-state index is 11.8. The van der Waals surface area contributed by atoms with Crippen molar-refractivity contribution in [3.8, 4) is 5.75 Å². The van der Waals surface area contributed by atoms with E-state index < -0.39 is 0 Å². The molecule has 0 saturated carbocycles. The van der Waals surface area contributed by atoms with Gasteiger partial charge in [0.2, 0.25) is 0 Å². The lowest BCUT2D eigenvalue weighted by Crippen LogP contribution is -2.29. The number of carbonyl (C=O) groups is 1. The van der Waals surface area contributed by atoms with Crippen LogP contribution in [0.3, 0.4) is 0 Å². The lowest BCUT2D eigenvalue weighted by molar-refractivity contribution is -0.123.